The third-order valence-electron chi connectivity index (χ3n) is 5.14. The van der Waals surface area contributed by atoms with Crippen LogP contribution in [0.25, 0.3) is 0 Å². The molecular formula is C22H29N3O5S. The number of ether oxygens (including phenoxy) is 2. The topological polar surface area (TPSA) is 97.8 Å². The summed E-state index contributed by atoms with van der Waals surface area (Å²) in [6.07, 6.45) is 3.60. The number of piperidine rings is 1. The van der Waals surface area contributed by atoms with Crippen molar-refractivity contribution in [3.05, 3.63) is 48.2 Å². The van der Waals surface area contributed by atoms with Gasteiger partial charge in [-0.05, 0) is 37.0 Å². The summed E-state index contributed by atoms with van der Waals surface area (Å²) in [7, 11) is -1.69. The van der Waals surface area contributed by atoms with Crippen LogP contribution in [-0.4, -0.2) is 49.6 Å². The van der Waals surface area contributed by atoms with Gasteiger partial charge in [-0.3, -0.25) is 4.79 Å². The zero-order valence-corrected chi connectivity index (χ0v) is 18.7. The minimum Gasteiger partial charge on any atom is -0.497 e. The number of nitrogens with zero attached hydrogens (tertiary/aromatic N) is 2. The number of rotatable bonds is 9. The van der Waals surface area contributed by atoms with Crippen molar-refractivity contribution in [3.8, 4) is 17.4 Å². The van der Waals surface area contributed by atoms with E-state index in [1.54, 1.807) is 25.4 Å². The molecule has 8 nitrogen and oxygen atoms in total. The Morgan fingerprint density at radius 1 is 1.26 bits per heavy atom. The van der Waals surface area contributed by atoms with Crippen molar-refractivity contribution in [2.45, 2.75) is 32.7 Å². The van der Waals surface area contributed by atoms with Crippen LogP contribution in [-0.2, 0) is 21.4 Å². The van der Waals surface area contributed by atoms with E-state index < -0.39 is 10.0 Å². The van der Waals surface area contributed by atoms with Crippen LogP contribution in [0.15, 0.2) is 42.6 Å². The maximum atomic E-state index is 12.6. The summed E-state index contributed by atoms with van der Waals surface area (Å²) < 4.78 is 36.9. The number of aromatic nitrogens is 1. The molecule has 1 N–H and O–H groups in total. The molecule has 31 heavy (non-hydrogen) atoms. The van der Waals surface area contributed by atoms with Crippen LogP contribution in [0.3, 0.4) is 0 Å². The van der Waals surface area contributed by atoms with Crippen molar-refractivity contribution < 1.29 is 22.7 Å². The number of pyridine rings is 1. The first kappa shape index (κ1) is 23.0. The van der Waals surface area contributed by atoms with Crippen molar-refractivity contribution in [2.24, 2.45) is 5.92 Å². The third-order valence-corrected chi connectivity index (χ3v) is 7.18. The molecule has 0 bridgehead atoms. The number of methoxy groups -OCH3 is 1. The van der Waals surface area contributed by atoms with Gasteiger partial charge in [-0.1, -0.05) is 19.1 Å². The smallest absolute Gasteiger partial charge is 0.224 e. The lowest BCUT2D eigenvalue weighted by Gasteiger charge is -2.31. The lowest BCUT2D eigenvalue weighted by Crippen LogP contribution is -2.45. The van der Waals surface area contributed by atoms with E-state index in [0.29, 0.717) is 49.7 Å². The van der Waals surface area contributed by atoms with Gasteiger partial charge in [0.2, 0.25) is 21.8 Å². The number of hydrogen-bond acceptors (Lipinski definition) is 6. The van der Waals surface area contributed by atoms with Gasteiger partial charge < -0.3 is 14.8 Å². The van der Waals surface area contributed by atoms with Crippen molar-refractivity contribution in [1.29, 1.82) is 0 Å². The molecule has 2 aromatic rings. The monoisotopic (exact) mass is 447 g/mol. The van der Waals surface area contributed by atoms with Crippen LogP contribution in [0, 0.1) is 5.92 Å². The second kappa shape index (κ2) is 10.6. The first-order valence-corrected chi connectivity index (χ1v) is 12.0. The lowest BCUT2D eigenvalue weighted by atomic mass is 9.99. The molecular weight excluding hydrogens is 418 g/mol. The second-order valence-electron chi connectivity index (χ2n) is 7.52. The maximum Gasteiger partial charge on any atom is 0.224 e. The summed E-state index contributed by atoms with van der Waals surface area (Å²) in [5.41, 5.74) is 0.831. The van der Waals surface area contributed by atoms with Gasteiger partial charge in [-0.2, -0.15) is 0 Å². The highest BCUT2D eigenvalue weighted by atomic mass is 32.2. The molecule has 1 aromatic heterocycles. The van der Waals surface area contributed by atoms with Crippen molar-refractivity contribution in [1.82, 2.24) is 14.6 Å². The Morgan fingerprint density at radius 2 is 2.06 bits per heavy atom. The Morgan fingerprint density at radius 3 is 2.77 bits per heavy atom. The molecule has 1 amide bonds. The van der Waals surface area contributed by atoms with E-state index in [4.69, 9.17) is 9.47 Å². The quantitative estimate of drug-likeness (QED) is 0.635. The van der Waals surface area contributed by atoms with E-state index in [-0.39, 0.29) is 24.1 Å². The number of hydrogen-bond donors (Lipinski definition) is 1. The lowest BCUT2D eigenvalue weighted by molar-refractivity contribution is -0.126. The van der Waals surface area contributed by atoms with Crippen molar-refractivity contribution >= 4 is 15.9 Å². The third kappa shape index (κ3) is 6.41. The number of nitrogens with one attached hydrogen (secondary N) is 1. The fourth-order valence-electron chi connectivity index (χ4n) is 3.49. The van der Waals surface area contributed by atoms with Gasteiger partial charge >= 0.3 is 0 Å². The summed E-state index contributed by atoms with van der Waals surface area (Å²) in [5.74, 6) is 1.41. The molecule has 1 unspecified atom stereocenters. The number of carbonyl (C=O) groups is 1. The number of amides is 1. The average molecular weight is 448 g/mol. The van der Waals surface area contributed by atoms with E-state index in [2.05, 4.69) is 10.3 Å². The largest absolute Gasteiger partial charge is 0.497 e. The SMILES string of the molecule is CCCS(=O)(=O)N1CCCC(C(=O)NCc2ccc(Oc3cccc(OC)c3)nc2)C1. The highest BCUT2D eigenvalue weighted by molar-refractivity contribution is 7.89. The normalized spacial score (nSPS) is 17.2. The molecule has 0 saturated carbocycles. The summed E-state index contributed by atoms with van der Waals surface area (Å²) >= 11 is 0. The van der Waals surface area contributed by atoms with Crippen LogP contribution in [0.5, 0.6) is 17.4 Å². The van der Waals surface area contributed by atoms with Crippen LogP contribution >= 0.6 is 0 Å². The van der Waals surface area contributed by atoms with Crippen molar-refractivity contribution in [2.75, 3.05) is 26.0 Å². The van der Waals surface area contributed by atoms with Gasteiger partial charge in [-0.25, -0.2) is 17.7 Å². The fourth-order valence-corrected chi connectivity index (χ4v) is 5.08. The zero-order chi connectivity index (χ0) is 22.3. The number of carbonyl (C=O) groups excluding carboxylic acids is 1. The molecule has 0 aliphatic carbocycles. The highest BCUT2D eigenvalue weighted by Crippen LogP contribution is 2.24. The Kier molecular flexibility index (Phi) is 7.86. The van der Waals surface area contributed by atoms with Gasteiger partial charge in [0.05, 0.1) is 18.8 Å². The van der Waals surface area contributed by atoms with Gasteiger partial charge in [0.25, 0.3) is 0 Å². The molecule has 3 rings (SSSR count). The second-order valence-corrected chi connectivity index (χ2v) is 9.61. The standard InChI is InChI=1S/C22H29N3O5S/c1-3-12-31(27,28)25-11-5-6-18(16-25)22(26)24-15-17-9-10-21(23-14-17)30-20-8-4-7-19(13-20)29-2/h4,7-10,13-14,18H,3,5-6,11-12,15-16H2,1-2H3,(H,24,26). The summed E-state index contributed by atoms with van der Waals surface area (Å²) in [4.78, 5) is 16.9. The van der Waals surface area contributed by atoms with Crippen LogP contribution in [0.2, 0.25) is 0 Å². The molecule has 2 heterocycles. The number of sulfonamides is 1. The van der Waals surface area contributed by atoms with Crippen LogP contribution in [0.4, 0.5) is 0 Å². The van der Waals surface area contributed by atoms with E-state index in [1.165, 1.54) is 4.31 Å². The average Bonchev–Trinajstić information content (AvgIpc) is 2.78. The van der Waals surface area contributed by atoms with Gasteiger partial charge in [-0.15, -0.1) is 0 Å². The van der Waals surface area contributed by atoms with Crippen molar-refractivity contribution in [3.63, 3.8) is 0 Å². The van der Waals surface area contributed by atoms with Gasteiger partial charge in [0.1, 0.15) is 11.5 Å². The zero-order valence-electron chi connectivity index (χ0n) is 17.9. The van der Waals surface area contributed by atoms with Gasteiger partial charge in [0, 0.05) is 38.0 Å². The van der Waals surface area contributed by atoms with Gasteiger partial charge in [0.15, 0.2) is 0 Å². The van der Waals surface area contributed by atoms with E-state index >= 15 is 0 Å². The number of benzene rings is 1. The highest BCUT2D eigenvalue weighted by Gasteiger charge is 2.31. The molecule has 9 heteroatoms. The Hall–Kier alpha value is -2.65. The Labute approximate surface area is 183 Å². The molecule has 0 spiro atoms. The molecule has 1 aromatic carbocycles. The molecule has 1 aliphatic heterocycles. The fraction of sp³-hybridized carbons (Fsp3) is 0.455. The maximum absolute atomic E-state index is 12.6. The minimum atomic E-state index is -3.28. The summed E-state index contributed by atoms with van der Waals surface area (Å²) in [6.45, 7) is 2.90. The molecule has 1 aliphatic rings. The van der Waals surface area contributed by atoms with Crippen LogP contribution in [0.1, 0.15) is 31.7 Å². The predicted molar refractivity (Wildman–Crippen MR) is 118 cm³/mol. The van der Waals surface area contributed by atoms with Crippen LogP contribution < -0.4 is 14.8 Å². The molecule has 1 fully saturated rings. The van der Waals surface area contributed by atoms with E-state index in [1.807, 2.05) is 31.2 Å². The Bertz CT molecular complexity index is 979. The minimum absolute atomic E-state index is 0.122. The first-order chi connectivity index (χ1) is 14.9. The molecule has 168 valence electrons. The van der Waals surface area contributed by atoms with E-state index in [0.717, 1.165) is 5.56 Å². The molecule has 0 radical (unpaired) electrons. The summed E-state index contributed by atoms with van der Waals surface area (Å²) in [5, 5.41) is 2.90. The summed E-state index contributed by atoms with van der Waals surface area (Å²) in [6, 6.07) is 10.8. The Balaban J connectivity index is 1.52. The molecule has 1 atom stereocenters. The van der Waals surface area contributed by atoms with E-state index in [9.17, 15) is 13.2 Å². The predicted octanol–water partition coefficient (Wildman–Crippen LogP) is 2.95. The molecule has 1 saturated heterocycles. The first-order valence-electron chi connectivity index (χ1n) is 10.4.